The quantitative estimate of drug-likeness (QED) is 0.847. The van der Waals surface area contributed by atoms with Gasteiger partial charge in [-0.15, -0.1) is 0 Å². The summed E-state index contributed by atoms with van der Waals surface area (Å²) < 4.78 is 5.74. The largest absolute Gasteiger partial charge is 0.491 e. The summed E-state index contributed by atoms with van der Waals surface area (Å²) >= 11 is 0. The van der Waals surface area contributed by atoms with Crippen LogP contribution >= 0.6 is 0 Å². The van der Waals surface area contributed by atoms with Crippen LogP contribution in [-0.4, -0.2) is 22.2 Å². The number of hydrogen-bond donors (Lipinski definition) is 2. The minimum atomic E-state index is -1.02. The fraction of sp³-hybridized carbons (Fsp3) is 0.250. The lowest BCUT2D eigenvalue weighted by Crippen LogP contribution is -2.10. The Kier molecular flexibility index (Phi) is 4.77. The molecule has 0 saturated heterocycles. The smallest absolute Gasteiger partial charge is 0.339 e. The van der Waals surface area contributed by atoms with Gasteiger partial charge in [-0.3, -0.25) is 0 Å². The van der Waals surface area contributed by atoms with Gasteiger partial charge in [0, 0.05) is 18.0 Å². The number of aromatic carboxylic acids is 1. The van der Waals surface area contributed by atoms with Crippen LogP contribution < -0.4 is 10.1 Å². The number of ether oxygens (including phenoxy) is 1. The Hall–Kier alpha value is -2.56. The van der Waals surface area contributed by atoms with E-state index >= 15 is 0 Å². The van der Waals surface area contributed by atoms with Crippen LogP contribution in [0.25, 0.3) is 0 Å². The zero-order chi connectivity index (χ0) is 15.2. The van der Waals surface area contributed by atoms with Crippen LogP contribution in [0.1, 0.15) is 30.6 Å². The number of carboxylic acids is 1. The van der Waals surface area contributed by atoms with Crippen molar-refractivity contribution in [3.05, 3.63) is 48.2 Å². The Labute approximate surface area is 123 Å². The molecule has 1 unspecified atom stereocenters. The van der Waals surface area contributed by atoms with Gasteiger partial charge in [-0.1, -0.05) is 13.0 Å². The number of carbonyl (C=O) groups is 1. The van der Waals surface area contributed by atoms with E-state index in [1.165, 1.54) is 6.07 Å². The topological polar surface area (TPSA) is 71.5 Å². The standard InChI is InChI=1S/C16H18N2O3/c1-3-11(2)21-13-7-4-6-12(10-13)18-15-14(16(19)20)8-5-9-17-15/h4-11H,3H2,1-2H3,(H,17,18)(H,19,20). The van der Waals surface area contributed by atoms with Gasteiger partial charge in [0.05, 0.1) is 6.10 Å². The molecule has 0 spiro atoms. The Morgan fingerprint density at radius 1 is 1.38 bits per heavy atom. The van der Waals surface area contributed by atoms with Crippen LogP contribution in [0.15, 0.2) is 42.6 Å². The molecule has 0 aliphatic heterocycles. The number of nitrogens with one attached hydrogen (secondary N) is 1. The molecule has 1 aromatic heterocycles. The molecular weight excluding hydrogens is 268 g/mol. The highest BCUT2D eigenvalue weighted by Gasteiger charge is 2.11. The maximum absolute atomic E-state index is 11.2. The minimum absolute atomic E-state index is 0.129. The predicted octanol–water partition coefficient (Wildman–Crippen LogP) is 3.70. The van der Waals surface area contributed by atoms with Crippen molar-refractivity contribution in [1.82, 2.24) is 4.98 Å². The third kappa shape index (κ3) is 3.95. The third-order valence-electron chi connectivity index (χ3n) is 3.05. The van der Waals surface area contributed by atoms with Gasteiger partial charge in [0.25, 0.3) is 0 Å². The van der Waals surface area contributed by atoms with Gasteiger partial charge in [-0.05, 0) is 37.6 Å². The molecule has 5 heteroatoms. The Balaban J connectivity index is 2.20. The van der Waals surface area contributed by atoms with Crippen LogP contribution in [0, 0.1) is 0 Å². The number of rotatable bonds is 6. The van der Waals surface area contributed by atoms with Crippen molar-refractivity contribution < 1.29 is 14.6 Å². The molecule has 0 amide bonds. The van der Waals surface area contributed by atoms with Crippen molar-refractivity contribution in [3.63, 3.8) is 0 Å². The van der Waals surface area contributed by atoms with E-state index < -0.39 is 5.97 Å². The highest BCUT2D eigenvalue weighted by molar-refractivity contribution is 5.93. The normalized spacial score (nSPS) is 11.7. The van der Waals surface area contributed by atoms with Crippen molar-refractivity contribution in [2.75, 3.05) is 5.32 Å². The molecule has 110 valence electrons. The first-order valence-electron chi connectivity index (χ1n) is 6.82. The van der Waals surface area contributed by atoms with Crippen molar-refractivity contribution in [2.45, 2.75) is 26.4 Å². The Morgan fingerprint density at radius 3 is 2.90 bits per heavy atom. The molecule has 0 fully saturated rings. The van der Waals surface area contributed by atoms with Gasteiger partial charge in [0.2, 0.25) is 0 Å². The summed E-state index contributed by atoms with van der Waals surface area (Å²) in [5.41, 5.74) is 0.864. The Morgan fingerprint density at radius 2 is 2.19 bits per heavy atom. The highest BCUT2D eigenvalue weighted by atomic mass is 16.5. The monoisotopic (exact) mass is 286 g/mol. The van der Waals surface area contributed by atoms with Crippen molar-refractivity contribution in [1.29, 1.82) is 0 Å². The molecule has 0 bridgehead atoms. The summed E-state index contributed by atoms with van der Waals surface area (Å²) in [6.45, 7) is 4.06. The third-order valence-corrected chi connectivity index (χ3v) is 3.05. The molecule has 2 aromatic rings. The summed E-state index contributed by atoms with van der Waals surface area (Å²) in [6.07, 6.45) is 2.60. The second kappa shape index (κ2) is 6.74. The molecule has 0 aliphatic carbocycles. The summed E-state index contributed by atoms with van der Waals surface area (Å²) in [5, 5.41) is 12.2. The van der Waals surface area contributed by atoms with E-state index in [0.717, 1.165) is 17.9 Å². The van der Waals surface area contributed by atoms with Crippen LogP contribution in [-0.2, 0) is 0 Å². The van der Waals surface area contributed by atoms with Gasteiger partial charge >= 0.3 is 5.97 Å². The highest BCUT2D eigenvalue weighted by Crippen LogP contribution is 2.23. The molecule has 5 nitrogen and oxygen atoms in total. The van der Waals surface area contributed by atoms with E-state index in [2.05, 4.69) is 17.2 Å². The van der Waals surface area contributed by atoms with Crippen molar-refractivity contribution >= 4 is 17.5 Å². The average molecular weight is 286 g/mol. The molecule has 1 heterocycles. The molecule has 0 saturated carbocycles. The van der Waals surface area contributed by atoms with E-state index in [9.17, 15) is 4.79 Å². The van der Waals surface area contributed by atoms with Crippen LogP contribution in [0.3, 0.4) is 0 Å². The second-order valence-electron chi connectivity index (χ2n) is 4.69. The van der Waals surface area contributed by atoms with E-state index in [4.69, 9.17) is 9.84 Å². The molecule has 2 rings (SSSR count). The van der Waals surface area contributed by atoms with Gasteiger partial charge in [0.15, 0.2) is 0 Å². The molecule has 1 atom stereocenters. The number of pyridine rings is 1. The Bertz CT molecular complexity index is 628. The number of carboxylic acid groups (broad SMARTS) is 1. The van der Waals surface area contributed by atoms with Crippen molar-refractivity contribution in [2.24, 2.45) is 0 Å². The lowest BCUT2D eigenvalue weighted by Gasteiger charge is -2.14. The maximum atomic E-state index is 11.2. The number of benzene rings is 1. The van der Waals surface area contributed by atoms with Gasteiger partial charge in [-0.25, -0.2) is 9.78 Å². The fourth-order valence-electron chi connectivity index (χ4n) is 1.78. The summed E-state index contributed by atoms with van der Waals surface area (Å²) in [4.78, 5) is 15.2. The van der Waals surface area contributed by atoms with Gasteiger partial charge in [0.1, 0.15) is 17.1 Å². The van der Waals surface area contributed by atoms with Gasteiger partial charge in [-0.2, -0.15) is 0 Å². The lowest BCUT2D eigenvalue weighted by atomic mass is 10.2. The fourth-order valence-corrected chi connectivity index (χ4v) is 1.78. The number of aromatic nitrogens is 1. The van der Waals surface area contributed by atoms with E-state index in [1.807, 2.05) is 31.2 Å². The number of hydrogen-bond acceptors (Lipinski definition) is 4. The SMILES string of the molecule is CCC(C)Oc1cccc(Nc2ncccc2C(=O)O)c1. The van der Waals surface area contributed by atoms with E-state index in [0.29, 0.717) is 5.82 Å². The average Bonchev–Trinajstić information content (AvgIpc) is 2.48. The summed E-state index contributed by atoms with van der Waals surface area (Å²) in [6, 6.07) is 10.5. The van der Waals surface area contributed by atoms with E-state index in [-0.39, 0.29) is 11.7 Å². The zero-order valence-corrected chi connectivity index (χ0v) is 12.0. The van der Waals surface area contributed by atoms with E-state index in [1.54, 1.807) is 12.3 Å². The first-order valence-corrected chi connectivity index (χ1v) is 6.82. The van der Waals surface area contributed by atoms with Crippen molar-refractivity contribution in [3.8, 4) is 5.75 Å². The molecule has 1 aromatic carbocycles. The minimum Gasteiger partial charge on any atom is -0.491 e. The first-order chi connectivity index (χ1) is 10.1. The molecule has 0 aliphatic rings. The lowest BCUT2D eigenvalue weighted by molar-refractivity contribution is 0.0697. The molecule has 0 radical (unpaired) electrons. The second-order valence-corrected chi connectivity index (χ2v) is 4.69. The predicted molar refractivity (Wildman–Crippen MR) is 81.3 cm³/mol. The molecular formula is C16H18N2O3. The molecule has 21 heavy (non-hydrogen) atoms. The first kappa shape index (κ1) is 14.8. The number of nitrogens with zero attached hydrogens (tertiary/aromatic N) is 1. The zero-order valence-electron chi connectivity index (χ0n) is 12.0. The summed E-state index contributed by atoms with van der Waals surface area (Å²) in [5.74, 6) is 0.0328. The molecule has 2 N–H and O–H groups in total. The summed E-state index contributed by atoms with van der Waals surface area (Å²) in [7, 11) is 0. The van der Waals surface area contributed by atoms with Crippen LogP contribution in [0.4, 0.5) is 11.5 Å². The van der Waals surface area contributed by atoms with Gasteiger partial charge < -0.3 is 15.2 Å². The van der Waals surface area contributed by atoms with Crippen LogP contribution in [0.2, 0.25) is 0 Å². The maximum Gasteiger partial charge on any atom is 0.339 e. The van der Waals surface area contributed by atoms with Crippen LogP contribution in [0.5, 0.6) is 5.75 Å². The number of anilines is 2.